The van der Waals surface area contributed by atoms with Gasteiger partial charge >= 0.3 is 0 Å². The Kier molecular flexibility index (Phi) is 5.91. The maximum atomic E-state index is 12.0. The first kappa shape index (κ1) is 16.0. The Balaban J connectivity index is 1.77. The molecule has 4 N–H and O–H groups in total. The van der Waals surface area contributed by atoms with E-state index in [9.17, 15) is 4.79 Å². The van der Waals surface area contributed by atoms with E-state index in [0.717, 1.165) is 23.2 Å². The molecule has 1 heterocycles. The zero-order chi connectivity index (χ0) is 15.8. The number of amides is 1. The standard InChI is InChI=1S/C17H22N4O/c1-13-12-19-9-7-16(13)20-10-11-21-17(22)15-4-2-14(3-5-15)6-8-18/h2-5,7,9,12H,6,8,10-11,18H2,1H3,(H,19,20)(H,21,22). The molecule has 0 saturated heterocycles. The first-order chi connectivity index (χ1) is 10.7. The quantitative estimate of drug-likeness (QED) is 0.680. The zero-order valence-electron chi connectivity index (χ0n) is 12.8. The summed E-state index contributed by atoms with van der Waals surface area (Å²) in [6.07, 6.45) is 4.39. The molecular formula is C17H22N4O. The predicted molar refractivity (Wildman–Crippen MR) is 89.0 cm³/mol. The average molecular weight is 298 g/mol. The summed E-state index contributed by atoms with van der Waals surface area (Å²) < 4.78 is 0. The molecule has 116 valence electrons. The van der Waals surface area contributed by atoms with Crippen molar-refractivity contribution < 1.29 is 4.79 Å². The third-order valence-electron chi connectivity index (χ3n) is 3.40. The highest BCUT2D eigenvalue weighted by atomic mass is 16.1. The van der Waals surface area contributed by atoms with Crippen LogP contribution in [0.5, 0.6) is 0 Å². The highest BCUT2D eigenvalue weighted by Crippen LogP contribution is 2.10. The van der Waals surface area contributed by atoms with Crippen LogP contribution >= 0.6 is 0 Å². The lowest BCUT2D eigenvalue weighted by Gasteiger charge is -2.10. The van der Waals surface area contributed by atoms with Crippen LogP contribution in [0.2, 0.25) is 0 Å². The summed E-state index contributed by atoms with van der Waals surface area (Å²) in [5.74, 6) is -0.0625. The van der Waals surface area contributed by atoms with E-state index in [1.54, 1.807) is 6.20 Å². The Hall–Kier alpha value is -2.40. The van der Waals surface area contributed by atoms with E-state index < -0.39 is 0 Å². The smallest absolute Gasteiger partial charge is 0.251 e. The second kappa shape index (κ2) is 8.14. The Morgan fingerprint density at radius 2 is 1.95 bits per heavy atom. The molecule has 5 nitrogen and oxygen atoms in total. The van der Waals surface area contributed by atoms with Crippen LogP contribution in [-0.2, 0) is 6.42 Å². The van der Waals surface area contributed by atoms with Gasteiger partial charge in [0.1, 0.15) is 0 Å². The molecule has 0 atom stereocenters. The van der Waals surface area contributed by atoms with Crippen molar-refractivity contribution in [2.45, 2.75) is 13.3 Å². The minimum Gasteiger partial charge on any atom is -0.383 e. The fourth-order valence-corrected chi connectivity index (χ4v) is 2.14. The van der Waals surface area contributed by atoms with Crippen LogP contribution < -0.4 is 16.4 Å². The number of aromatic nitrogens is 1. The third kappa shape index (κ3) is 4.56. The molecule has 1 aromatic carbocycles. The zero-order valence-corrected chi connectivity index (χ0v) is 12.8. The second-order valence-corrected chi connectivity index (χ2v) is 5.11. The van der Waals surface area contributed by atoms with Crippen LogP contribution in [0.3, 0.4) is 0 Å². The molecule has 22 heavy (non-hydrogen) atoms. The Morgan fingerprint density at radius 3 is 2.64 bits per heavy atom. The van der Waals surface area contributed by atoms with Gasteiger partial charge in [-0.2, -0.15) is 0 Å². The van der Waals surface area contributed by atoms with Crippen LogP contribution in [0.15, 0.2) is 42.7 Å². The lowest BCUT2D eigenvalue weighted by atomic mass is 10.1. The van der Waals surface area contributed by atoms with Gasteiger partial charge in [0.05, 0.1) is 0 Å². The summed E-state index contributed by atoms with van der Waals surface area (Å²) in [6.45, 7) is 3.84. The molecule has 2 aromatic rings. The molecule has 0 fully saturated rings. The molecule has 0 spiro atoms. The van der Waals surface area contributed by atoms with Crippen LogP contribution in [0.25, 0.3) is 0 Å². The highest BCUT2D eigenvalue weighted by molar-refractivity contribution is 5.94. The van der Waals surface area contributed by atoms with E-state index in [1.807, 2.05) is 43.5 Å². The van der Waals surface area contributed by atoms with E-state index in [-0.39, 0.29) is 5.91 Å². The lowest BCUT2D eigenvalue weighted by molar-refractivity contribution is 0.0955. The average Bonchev–Trinajstić information content (AvgIpc) is 2.54. The number of nitrogens with one attached hydrogen (secondary N) is 2. The van der Waals surface area contributed by atoms with Crippen LogP contribution in [0.4, 0.5) is 5.69 Å². The molecule has 0 saturated carbocycles. The number of benzene rings is 1. The summed E-state index contributed by atoms with van der Waals surface area (Å²) in [5.41, 5.74) is 9.45. The van der Waals surface area contributed by atoms with E-state index in [1.165, 1.54) is 0 Å². The normalized spacial score (nSPS) is 10.3. The number of hydrogen-bond donors (Lipinski definition) is 3. The first-order valence-corrected chi connectivity index (χ1v) is 7.42. The number of hydrogen-bond acceptors (Lipinski definition) is 4. The van der Waals surface area contributed by atoms with Gasteiger partial charge in [0.25, 0.3) is 5.91 Å². The highest BCUT2D eigenvalue weighted by Gasteiger charge is 2.04. The van der Waals surface area contributed by atoms with E-state index in [2.05, 4.69) is 15.6 Å². The lowest BCUT2D eigenvalue weighted by Crippen LogP contribution is -2.28. The maximum Gasteiger partial charge on any atom is 0.251 e. The monoisotopic (exact) mass is 298 g/mol. The van der Waals surface area contributed by atoms with E-state index in [4.69, 9.17) is 5.73 Å². The molecule has 1 aromatic heterocycles. The van der Waals surface area contributed by atoms with Crippen molar-refractivity contribution in [3.8, 4) is 0 Å². The van der Waals surface area contributed by atoms with Crippen LogP contribution in [0.1, 0.15) is 21.5 Å². The van der Waals surface area contributed by atoms with Crippen molar-refractivity contribution in [2.24, 2.45) is 5.73 Å². The van der Waals surface area contributed by atoms with Crippen molar-refractivity contribution in [1.82, 2.24) is 10.3 Å². The number of rotatable bonds is 7. The second-order valence-electron chi connectivity index (χ2n) is 5.11. The summed E-state index contributed by atoms with van der Waals surface area (Å²) in [6, 6.07) is 9.48. The number of nitrogens with two attached hydrogens (primary N) is 1. The largest absolute Gasteiger partial charge is 0.383 e. The van der Waals surface area contributed by atoms with Gasteiger partial charge in [0.15, 0.2) is 0 Å². The Morgan fingerprint density at radius 1 is 1.18 bits per heavy atom. The Bertz CT molecular complexity index is 610. The first-order valence-electron chi connectivity index (χ1n) is 7.42. The molecule has 5 heteroatoms. The van der Waals surface area contributed by atoms with E-state index in [0.29, 0.717) is 25.2 Å². The third-order valence-corrected chi connectivity index (χ3v) is 3.40. The number of carbonyl (C=O) groups is 1. The summed E-state index contributed by atoms with van der Waals surface area (Å²) >= 11 is 0. The summed E-state index contributed by atoms with van der Waals surface area (Å²) in [7, 11) is 0. The molecule has 0 aliphatic carbocycles. The van der Waals surface area contributed by atoms with Gasteiger partial charge in [0, 0.05) is 36.7 Å². The minimum absolute atomic E-state index is 0.0625. The Labute approximate surface area is 130 Å². The number of carbonyl (C=O) groups excluding carboxylic acids is 1. The van der Waals surface area contributed by atoms with Gasteiger partial charge in [-0.3, -0.25) is 9.78 Å². The maximum absolute atomic E-state index is 12.0. The van der Waals surface area contributed by atoms with Gasteiger partial charge in [0.2, 0.25) is 0 Å². The summed E-state index contributed by atoms with van der Waals surface area (Å²) in [4.78, 5) is 16.1. The van der Waals surface area contributed by atoms with Crippen molar-refractivity contribution in [2.75, 3.05) is 25.0 Å². The van der Waals surface area contributed by atoms with Crippen LogP contribution in [-0.4, -0.2) is 30.5 Å². The van der Waals surface area contributed by atoms with Crippen molar-refractivity contribution in [3.63, 3.8) is 0 Å². The van der Waals surface area contributed by atoms with Crippen molar-refractivity contribution in [1.29, 1.82) is 0 Å². The van der Waals surface area contributed by atoms with Crippen LogP contribution in [0, 0.1) is 6.92 Å². The topological polar surface area (TPSA) is 80.0 Å². The molecule has 0 unspecified atom stereocenters. The fourth-order valence-electron chi connectivity index (χ4n) is 2.14. The number of nitrogens with zero attached hydrogens (tertiary/aromatic N) is 1. The molecule has 0 radical (unpaired) electrons. The number of anilines is 1. The summed E-state index contributed by atoms with van der Waals surface area (Å²) in [5, 5.41) is 6.18. The number of pyridine rings is 1. The predicted octanol–water partition coefficient (Wildman–Crippen LogP) is 1.73. The SMILES string of the molecule is Cc1cnccc1NCCNC(=O)c1ccc(CCN)cc1. The van der Waals surface area contributed by atoms with Gasteiger partial charge in [-0.1, -0.05) is 12.1 Å². The molecule has 0 bridgehead atoms. The molecule has 2 rings (SSSR count). The molecular weight excluding hydrogens is 276 g/mol. The minimum atomic E-state index is -0.0625. The van der Waals surface area contributed by atoms with Crippen molar-refractivity contribution >= 4 is 11.6 Å². The molecule has 1 amide bonds. The van der Waals surface area contributed by atoms with Gasteiger partial charge in [-0.15, -0.1) is 0 Å². The van der Waals surface area contributed by atoms with Gasteiger partial charge in [-0.05, 0) is 49.2 Å². The number of aryl methyl sites for hydroxylation is 1. The van der Waals surface area contributed by atoms with Gasteiger partial charge < -0.3 is 16.4 Å². The molecule has 0 aliphatic heterocycles. The van der Waals surface area contributed by atoms with Gasteiger partial charge in [-0.25, -0.2) is 0 Å². The van der Waals surface area contributed by atoms with Crippen molar-refractivity contribution in [3.05, 3.63) is 59.4 Å². The molecule has 0 aliphatic rings. The fraction of sp³-hybridized carbons (Fsp3) is 0.294. The van der Waals surface area contributed by atoms with E-state index >= 15 is 0 Å².